The number of nitrogens with zero attached hydrogens (tertiary/aromatic N) is 2. The molecule has 3 aromatic rings. The van der Waals surface area contributed by atoms with Crippen LogP contribution in [0.4, 0.5) is 13.2 Å². The number of alkyl halides is 3. The number of imidazole rings is 1. The predicted octanol–water partition coefficient (Wildman–Crippen LogP) is 6.95. The van der Waals surface area contributed by atoms with Crippen molar-refractivity contribution < 1.29 is 27.4 Å². The van der Waals surface area contributed by atoms with Crippen LogP contribution < -0.4 is 4.74 Å². The molecular weight excluding hydrogens is 497 g/mol. The van der Waals surface area contributed by atoms with Crippen molar-refractivity contribution in [2.24, 2.45) is 0 Å². The van der Waals surface area contributed by atoms with Gasteiger partial charge >= 0.3 is 6.18 Å². The highest BCUT2D eigenvalue weighted by Crippen LogP contribution is 2.40. The summed E-state index contributed by atoms with van der Waals surface area (Å²) < 4.78 is 57.6. The number of rotatable bonds is 5. The SMILES string of the molecule is C[Si](C)(C)C#Cc1cncn1CC1(c2ccc(Oc3ccc(C(F)(F)F)cc3)cc2Cl)OC=CO1. The third-order valence-electron chi connectivity index (χ3n) is 5.00. The quantitative estimate of drug-likeness (QED) is 0.271. The lowest BCUT2D eigenvalue weighted by atomic mass is 10.0. The Balaban J connectivity index is 1.57. The van der Waals surface area contributed by atoms with Gasteiger partial charge in [0.1, 0.15) is 44.3 Å². The Labute approximate surface area is 207 Å². The van der Waals surface area contributed by atoms with Gasteiger partial charge in [-0.25, -0.2) is 4.98 Å². The van der Waals surface area contributed by atoms with Crippen LogP contribution in [0, 0.1) is 11.5 Å². The molecule has 0 saturated heterocycles. The molecule has 10 heteroatoms. The first-order valence-corrected chi connectivity index (χ1v) is 14.5. The number of hydrogen-bond donors (Lipinski definition) is 0. The second-order valence-corrected chi connectivity index (χ2v) is 14.1. The lowest BCUT2D eigenvalue weighted by Crippen LogP contribution is -2.33. The minimum atomic E-state index is -4.41. The van der Waals surface area contributed by atoms with E-state index in [-0.39, 0.29) is 12.3 Å². The van der Waals surface area contributed by atoms with Gasteiger partial charge in [-0.15, -0.1) is 5.54 Å². The molecule has 0 unspecified atom stereocenters. The van der Waals surface area contributed by atoms with Gasteiger partial charge < -0.3 is 18.8 Å². The van der Waals surface area contributed by atoms with Gasteiger partial charge in [-0.05, 0) is 42.5 Å². The molecular formula is C25H22ClF3N2O3Si. The Morgan fingerprint density at radius 2 is 1.71 bits per heavy atom. The van der Waals surface area contributed by atoms with Crippen LogP contribution >= 0.6 is 11.6 Å². The molecule has 0 amide bonds. The molecule has 0 saturated carbocycles. The maximum absolute atomic E-state index is 12.8. The van der Waals surface area contributed by atoms with Gasteiger partial charge in [0.15, 0.2) is 0 Å². The van der Waals surface area contributed by atoms with E-state index in [1.807, 2.05) is 4.57 Å². The number of ether oxygens (including phenoxy) is 3. The fourth-order valence-electron chi connectivity index (χ4n) is 3.33. The number of aromatic nitrogens is 2. The molecule has 182 valence electrons. The molecule has 0 radical (unpaired) electrons. The fourth-order valence-corrected chi connectivity index (χ4v) is 4.15. The number of benzene rings is 2. The van der Waals surface area contributed by atoms with Crippen molar-refractivity contribution in [1.82, 2.24) is 9.55 Å². The molecule has 0 aliphatic carbocycles. The first-order chi connectivity index (χ1) is 16.5. The van der Waals surface area contributed by atoms with Crippen LogP contribution in [0.3, 0.4) is 0 Å². The molecule has 1 aliphatic heterocycles. The minimum absolute atomic E-state index is 0.231. The minimum Gasteiger partial charge on any atom is -0.457 e. The van der Waals surface area contributed by atoms with Gasteiger partial charge in [-0.3, -0.25) is 0 Å². The van der Waals surface area contributed by atoms with Gasteiger partial charge in [0.2, 0.25) is 0 Å². The first-order valence-electron chi connectivity index (χ1n) is 10.6. The summed E-state index contributed by atoms with van der Waals surface area (Å²) in [5, 5.41) is 0.299. The molecule has 4 rings (SSSR count). The lowest BCUT2D eigenvalue weighted by molar-refractivity contribution is -0.160. The highest BCUT2D eigenvalue weighted by atomic mass is 35.5. The Hall–Kier alpha value is -3.35. The summed E-state index contributed by atoms with van der Waals surface area (Å²) in [4.78, 5) is 4.22. The standard InChI is InChI=1S/C25H22ClF3N2O3Si/c1-35(2,3)13-10-19-15-30-17-31(19)16-24(32-11-12-33-24)22-9-8-21(14-23(22)26)34-20-6-4-18(5-7-20)25(27,28)29/h4-9,11-12,14-15,17H,16H2,1-3H3. The van der Waals surface area contributed by atoms with Crippen molar-refractivity contribution in [1.29, 1.82) is 0 Å². The molecule has 0 fully saturated rings. The van der Waals surface area contributed by atoms with E-state index in [4.69, 9.17) is 25.8 Å². The summed E-state index contributed by atoms with van der Waals surface area (Å²) in [6, 6.07) is 9.31. The molecule has 1 aromatic heterocycles. The number of hydrogen-bond acceptors (Lipinski definition) is 4. The summed E-state index contributed by atoms with van der Waals surface area (Å²) in [6.07, 6.45) is 1.80. The topological polar surface area (TPSA) is 45.5 Å². The molecule has 2 aromatic carbocycles. The van der Waals surface area contributed by atoms with Crippen LogP contribution in [0.5, 0.6) is 11.5 Å². The largest absolute Gasteiger partial charge is 0.457 e. The van der Waals surface area contributed by atoms with Crippen LogP contribution in [0.1, 0.15) is 16.8 Å². The molecule has 0 atom stereocenters. The van der Waals surface area contributed by atoms with E-state index in [1.165, 1.54) is 24.7 Å². The van der Waals surface area contributed by atoms with Gasteiger partial charge in [-0.2, -0.15) is 13.2 Å². The number of halogens is 4. The third kappa shape index (κ3) is 5.84. The van der Waals surface area contributed by atoms with E-state index in [0.29, 0.717) is 16.3 Å². The van der Waals surface area contributed by atoms with Gasteiger partial charge in [0.25, 0.3) is 5.79 Å². The Kier molecular flexibility index (Phi) is 6.62. The van der Waals surface area contributed by atoms with E-state index < -0.39 is 25.6 Å². The zero-order chi connectivity index (χ0) is 25.3. The highest BCUT2D eigenvalue weighted by Gasteiger charge is 2.41. The zero-order valence-corrected chi connectivity index (χ0v) is 20.9. The molecule has 0 N–H and O–H groups in total. The lowest BCUT2D eigenvalue weighted by Gasteiger charge is -2.29. The van der Waals surface area contributed by atoms with E-state index in [1.54, 1.807) is 30.7 Å². The van der Waals surface area contributed by atoms with Crippen molar-refractivity contribution in [2.75, 3.05) is 0 Å². The predicted molar refractivity (Wildman–Crippen MR) is 128 cm³/mol. The van der Waals surface area contributed by atoms with E-state index in [0.717, 1.165) is 17.8 Å². The monoisotopic (exact) mass is 518 g/mol. The van der Waals surface area contributed by atoms with Crippen molar-refractivity contribution in [3.05, 3.63) is 89.4 Å². The summed E-state index contributed by atoms with van der Waals surface area (Å²) >= 11 is 6.59. The molecule has 35 heavy (non-hydrogen) atoms. The van der Waals surface area contributed by atoms with E-state index >= 15 is 0 Å². The molecule has 5 nitrogen and oxygen atoms in total. The van der Waals surface area contributed by atoms with Crippen LogP contribution in [0.2, 0.25) is 24.7 Å². The van der Waals surface area contributed by atoms with Crippen molar-refractivity contribution in [3.8, 4) is 23.0 Å². The zero-order valence-electron chi connectivity index (χ0n) is 19.2. The van der Waals surface area contributed by atoms with Gasteiger partial charge in [0.05, 0.1) is 28.7 Å². The molecule has 2 heterocycles. The summed E-state index contributed by atoms with van der Waals surface area (Å²) in [5.74, 6) is 2.54. The Morgan fingerprint density at radius 1 is 1.06 bits per heavy atom. The Morgan fingerprint density at radius 3 is 2.31 bits per heavy atom. The average Bonchev–Trinajstić information content (AvgIpc) is 3.42. The molecule has 0 bridgehead atoms. The molecule has 1 aliphatic rings. The van der Waals surface area contributed by atoms with E-state index in [2.05, 4.69) is 36.1 Å². The summed E-state index contributed by atoms with van der Waals surface area (Å²) in [6.45, 7) is 6.70. The van der Waals surface area contributed by atoms with Crippen LogP contribution in [-0.2, 0) is 28.0 Å². The van der Waals surface area contributed by atoms with Crippen LogP contribution in [0.15, 0.2) is 67.5 Å². The normalized spacial score (nSPS) is 14.6. The summed E-state index contributed by atoms with van der Waals surface area (Å²) in [7, 11) is -1.59. The van der Waals surface area contributed by atoms with Crippen LogP contribution in [0.25, 0.3) is 0 Å². The molecule has 0 spiro atoms. The van der Waals surface area contributed by atoms with Gasteiger partial charge in [0, 0.05) is 0 Å². The summed E-state index contributed by atoms with van der Waals surface area (Å²) in [5.41, 5.74) is 3.84. The highest BCUT2D eigenvalue weighted by molar-refractivity contribution is 6.83. The van der Waals surface area contributed by atoms with E-state index in [9.17, 15) is 13.2 Å². The van der Waals surface area contributed by atoms with Gasteiger partial charge in [-0.1, -0.05) is 37.2 Å². The van der Waals surface area contributed by atoms with Crippen molar-refractivity contribution in [3.63, 3.8) is 0 Å². The third-order valence-corrected chi connectivity index (χ3v) is 6.18. The van der Waals surface area contributed by atoms with Crippen LogP contribution in [-0.4, -0.2) is 17.6 Å². The smallest absolute Gasteiger partial charge is 0.416 e. The second-order valence-electron chi connectivity index (χ2n) is 8.93. The Bertz CT molecular complexity index is 1290. The maximum Gasteiger partial charge on any atom is 0.416 e. The van der Waals surface area contributed by atoms with Crippen molar-refractivity contribution in [2.45, 2.75) is 38.1 Å². The van der Waals surface area contributed by atoms with Crippen molar-refractivity contribution >= 4 is 19.7 Å². The first kappa shape index (κ1) is 24.8. The average molecular weight is 519 g/mol. The second kappa shape index (κ2) is 9.36. The maximum atomic E-state index is 12.8. The fraction of sp³-hybridized carbons (Fsp3) is 0.240.